The van der Waals surface area contributed by atoms with Crippen molar-refractivity contribution in [2.45, 2.75) is 6.92 Å². The number of nitrogens with one attached hydrogen (secondary N) is 2. The Morgan fingerprint density at radius 2 is 2.06 bits per heavy atom. The lowest BCUT2D eigenvalue weighted by Crippen LogP contribution is -2.46. The van der Waals surface area contributed by atoms with Gasteiger partial charge < -0.3 is 15.2 Å². The molecule has 2 N–H and O–H groups in total. The lowest BCUT2D eigenvalue weighted by molar-refractivity contribution is 0.0735. The van der Waals surface area contributed by atoms with Crippen LogP contribution in [0, 0.1) is 6.92 Å². The second-order valence-electron chi connectivity index (χ2n) is 3.94. The molecule has 5 nitrogen and oxygen atoms in total. The summed E-state index contributed by atoms with van der Waals surface area (Å²) in [7, 11) is 0. The minimum Gasteiger partial charge on any atom is -0.336 e. The molecule has 0 spiro atoms. The lowest BCUT2D eigenvalue weighted by Gasteiger charge is -2.27. The van der Waals surface area contributed by atoms with Crippen LogP contribution in [0.5, 0.6) is 0 Å². The third-order valence-corrected chi connectivity index (χ3v) is 2.74. The van der Waals surface area contributed by atoms with Gasteiger partial charge in [-0.15, -0.1) is 0 Å². The van der Waals surface area contributed by atoms with Gasteiger partial charge in [0, 0.05) is 37.9 Å². The normalized spacial score (nSPS) is 16.2. The second-order valence-corrected chi connectivity index (χ2v) is 3.94. The van der Waals surface area contributed by atoms with Crippen molar-refractivity contribution in [3.05, 3.63) is 33.7 Å². The molecule has 0 radical (unpaired) electrons. The van der Waals surface area contributed by atoms with Crippen LogP contribution in [0.4, 0.5) is 0 Å². The van der Waals surface area contributed by atoms with Crippen molar-refractivity contribution in [3.8, 4) is 0 Å². The first kappa shape index (κ1) is 10.9. The van der Waals surface area contributed by atoms with Gasteiger partial charge in [0.2, 0.25) is 0 Å². The van der Waals surface area contributed by atoms with E-state index in [2.05, 4.69) is 10.3 Å². The molecule has 0 bridgehead atoms. The molecule has 2 rings (SSSR count). The second kappa shape index (κ2) is 4.49. The molecule has 86 valence electrons. The van der Waals surface area contributed by atoms with Crippen LogP contribution in [0.25, 0.3) is 0 Å². The highest BCUT2D eigenvalue weighted by atomic mass is 16.2. The summed E-state index contributed by atoms with van der Waals surface area (Å²) in [5, 5.41) is 3.19. The lowest BCUT2D eigenvalue weighted by atomic mass is 10.2. The summed E-state index contributed by atoms with van der Waals surface area (Å²) in [6.07, 6.45) is 1.49. The molecule has 5 heteroatoms. The summed E-state index contributed by atoms with van der Waals surface area (Å²) >= 11 is 0. The number of aryl methyl sites for hydroxylation is 1. The number of pyridine rings is 1. The van der Waals surface area contributed by atoms with E-state index in [1.807, 2.05) is 0 Å². The van der Waals surface area contributed by atoms with Crippen LogP contribution in [0.15, 0.2) is 17.1 Å². The Kier molecular flexibility index (Phi) is 3.05. The Labute approximate surface area is 93.5 Å². The molecular weight excluding hydrogens is 206 g/mol. The van der Waals surface area contributed by atoms with Crippen molar-refractivity contribution in [1.29, 1.82) is 0 Å². The zero-order valence-electron chi connectivity index (χ0n) is 9.25. The van der Waals surface area contributed by atoms with E-state index < -0.39 is 0 Å². The molecule has 16 heavy (non-hydrogen) atoms. The number of H-pyrrole nitrogens is 1. The van der Waals surface area contributed by atoms with Crippen LogP contribution < -0.4 is 10.9 Å². The Morgan fingerprint density at radius 1 is 1.38 bits per heavy atom. The van der Waals surface area contributed by atoms with Crippen molar-refractivity contribution in [3.63, 3.8) is 0 Å². The summed E-state index contributed by atoms with van der Waals surface area (Å²) in [6.45, 7) is 4.80. The predicted molar refractivity (Wildman–Crippen MR) is 60.6 cm³/mol. The van der Waals surface area contributed by atoms with Crippen molar-refractivity contribution in [1.82, 2.24) is 15.2 Å². The van der Waals surface area contributed by atoms with Crippen molar-refractivity contribution >= 4 is 5.91 Å². The Bertz CT molecular complexity index is 447. The number of rotatable bonds is 1. The molecule has 0 aromatic carbocycles. The third-order valence-electron chi connectivity index (χ3n) is 2.74. The fraction of sp³-hybridized carbons (Fsp3) is 0.455. The van der Waals surface area contributed by atoms with Crippen LogP contribution in [0.1, 0.15) is 15.9 Å². The SMILES string of the molecule is Cc1cc(C(=O)N2CCNCC2)c[nH]c1=O. The van der Waals surface area contributed by atoms with Gasteiger partial charge in [0.1, 0.15) is 0 Å². The Balaban J connectivity index is 2.19. The standard InChI is InChI=1S/C11H15N3O2/c1-8-6-9(7-13-10(8)15)11(16)14-4-2-12-3-5-14/h6-7,12H,2-5H2,1H3,(H,13,15). The van der Waals surface area contributed by atoms with E-state index >= 15 is 0 Å². The van der Waals surface area contributed by atoms with Crippen molar-refractivity contribution in [2.75, 3.05) is 26.2 Å². The summed E-state index contributed by atoms with van der Waals surface area (Å²) in [5.41, 5.74) is 0.983. The first-order chi connectivity index (χ1) is 7.68. The number of aromatic amines is 1. The highest BCUT2D eigenvalue weighted by molar-refractivity contribution is 5.94. The van der Waals surface area contributed by atoms with Gasteiger partial charge >= 0.3 is 0 Å². The predicted octanol–water partition coefficient (Wildman–Crippen LogP) is -0.271. The van der Waals surface area contributed by atoms with Gasteiger partial charge in [-0.05, 0) is 13.0 Å². The first-order valence-corrected chi connectivity index (χ1v) is 5.38. The number of carbonyl (C=O) groups excluding carboxylic acids is 1. The summed E-state index contributed by atoms with van der Waals surface area (Å²) in [6, 6.07) is 1.64. The maximum atomic E-state index is 12.0. The third kappa shape index (κ3) is 2.14. The van der Waals surface area contributed by atoms with Crippen LogP contribution in [-0.2, 0) is 0 Å². The molecule has 0 atom stereocenters. The van der Waals surface area contributed by atoms with Gasteiger partial charge in [-0.3, -0.25) is 9.59 Å². The van der Waals surface area contributed by atoms with Gasteiger partial charge in [-0.2, -0.15) is 0 Å². The van der Waals surface area contributed by atoms with E-state index in [1.54, 1.807) is 17.9 Å². The fourth-order valence-corrected chi connectivity index (χ4v) is 1.77. The van der Waals surface area contributed by atoms with E-state index in [0.717, 1.165) is 26.2 Å². The average molecular weight is 221 g/mol. The van der Waals surface area contributed by atoms with E-state index in [0.29, 0.717) is 11.1 Å². The number of nitrogens with zero attached hydrogens (tertiary/aromatic N) is 1. The van der Waals surface area contributed by atoms with Crippen LogP contribution in [0.3, 0.4) is 0 Å². The highest BCUT2D eigenvalue weighted by Gasteiger charge is 2.18. The number of aromatic nitrogens is 1. The molecule has 2 heterocycles. The maximum absolute atomic E-state index is 12.0. The van der Waals surface area contributed by atoms with Gasteiger partial charge in [-0.25, -0.2) is 0 Å². The molecule has 0 aliphatic carbocycles. The van der Waals surface area contributed by atoms with E-state index in [-0.39, 0.29) is 11.5 Å². The van der Waals surface area contributed by atoms with E-state index in [4.69, 9.17) is 0 Å². The largest absolute Gasteiger partial charge is 0.336 e. The summed E-state index contributed by atoms with van der Waals surface area (Å²) in [5.74, 6) is -0.0131. The van der Waals surface area contributed by atoms with Crippen LogP contribution in [-0.4, -0.2) is 42.0 Å². The van der Waals surface area contributed by atoms with Gasteiger partial charge in [0.15, 0.2) is 0 Å². The molecule has 1 aliphatic rings. The fourth-order valence-electron chi connectivity index (χ4n) is 1.77. The number of amides is 1. The molecule has 0 saturated carbocycles. The molecule has 1 saturated heterocycles. The van der Waals surface area contributed by atoms with Crippen molar-refractivity contribution < 1.29 is 4.79 Å². The summed E-state index contributed by atoms with van der Waals surface area (Å²) in [4.78, 5) is 27.6. The van der Waals surface area contributed by atoms with Crippen molar-refractivity contribution in [2.24, 2.45) is 0 Å². The number of piperazine rings is 1. The zero-order chi connectivity index (χ0) is 11.5. The van der Waals surface area contributed by atoms with Crippen LogP contribution in [0.2, 0.25) is 0 Å². The van der Waals surface area contributed by atoms with Gasteiger partial charge in [-0.1, -0.05) is 0 Å². The zero-order valence-corrected chi connectivity index (χ0v) is 9.25. The maximum Gasteiger partial charge on any atom is 0.255 e. The van der Waals surface area contributed by atoms with Crippen LogP contribution >= 0.6 is 0 Å². The molecule has 1 aromatic heterocycles. The van der Waals surface area contributed by atoms with E-state index in [1.165, 1.54) is 6.20 Å². The molecule has 1 fully saturated rings. The Hall–Kier alpha value is -1.62. The topological polar surface area (TPSA) is 65.2 Å². The average Bonchev–Trinajstić information content (AvgIpc) is 2.33. The quantitative estimate of drug-likeness (QED) is 0.686. The highest BCUT2D eigenvalue weighted by Crippen LogP contribution is 2.04. The first-order valence-electron chi connectivity index (χ1n) is 5.38. The molecule has 0 unspecified atom stereocenters. The Morgan fingerprint density at radius 3 is 2.69 bits per heavy atom. The number of carbonyl (C=O) groups is 1. The van der Waals surface area contributed by atoms with E-state index in [9.17, 15) is 9.59 Å². The van der Waals surface area contributed by atoms with Gasteiger partial charge in [0.05, 0.1) is 5.56 Å². The molecule has 1 aliphatic heterocycles. The minimum atomic E-state index is -0.142. The smallest absolute Gasteiger partial charge is 0.255 e. The minimum absolute atomic E-state index is 0.0131. The monoisotopic (exact) mass is 221 g/mol. The van der Waals surface area contributed by atoms with Gasteiger partial charge in [0.25, 0.3) is 11.5 Å². The molecule has 1 aromatic rings. The molecular formula is C11H15N3O2. The summed E-state index contributed by atoms with van der Waals surface area (Å²) < 4.78 is 0. The molecule has 1 amide bonds. The number of hydrogen-bond acceptors (Lipinski definition) is 3. The number of hydrogen-bond donors (Lipinski definition) is 2.